The van der Waals surface area contributed by atoms with Crippen molar-refractivity contribution in [2.75, 3.05) is 5.75 Å². The molecule has 0 N–H and O–H groups in total. The van der Waals surface area contributed by atoms with Gasteiger partial charge in [-0.2, -0.15) is 10.6 Å². The smallest absolute Gasteiger partial charge is 0.154 e. The van der Waals surface area contributed by atoms with Crippen LogP contribution in [0.25, 0.3) is 0 Å². The third-order valence-corrected chi connectivity index (χ3v) is 2.97. The van der Waals surface area contributed by atoms with Crippen LogP contribution in [0.15, 0.2) is 0 Å². The van der Waals surface area contributed by atoms with E-state index in [9.17, 15) is 0 Å². The van der Waals surface area contributed by atoms with Gasteiger partial charge in [0.25, 0.3) is 0 Å². The normalized spacial score (nSPS) is 22.7. The second kappa shape index (κ2) is 2.86. The van der Waals surface area contributed by atoms with E-state index in [1.54, 1.807) is 0 Å². The van der Waals surface area contributed by atoms with Crippen molar-refractivity contribution in [2.24, 2.45) is 0 Å². The fourth-order valence-electron chi connectivity index (χ4n) is 0.370. The summed E-state index contributed by atoms with van der Waals surface area (Å²) < 4.78 is 0. The molecule has 0 unspecified atom stereocenters. The van der Waals surface area contributed by atoms with Crippen LogP contribution in [0.3, 0.4) is 0 Å². The summed E-state index contributed by atoms with van der Waals surface area (Å²) >= 11 is 0. The van der Waals surface area contributed by atoms with Crippen molar-refractivity contribution in [1.29, 1.82) is 0 Å². The molecule has 1 aliphatic heterocycles. The van der Waals surface area contributed by atoms with Crippen molar-refractivity contribution in [2.45, 2.75) is 12.7 Å². The highest BCUT2D eigenvalue weighted by molar-refractivity contribution is 8.85. The summed E-state index contributed by atoms with van der Waals surface area (Å²) in [5.74, 6) is 1.35. The summed E-state index contributed by atoms with van der Waals surface area (Å²) in [6.45, 7) is 2.27. The Labute approximate surface area is 47.0 Å². The molecular weight excluding hydrogens is 111 g/mol. The van der Waals surface area contributed by atoms with Crippen LogP contribution in [-0.4, -0.2) is 12.3 Å². The average molecular weight is 117 g/mol. The van der Waals surface area contributed by atoms with Gasteiger partial charge in [-0.15, -0.1) is 10.8 Å². The van der Waals surface area contributed by atoms with Crippen LogP contribution in [0.1, 0.15) is 6.42 Å². The van der Waals surface area contributed by atoms with Crippen molar-refractivity contribution in [3.8, 4) is 0 Å². The van der Waals surface area contributed by atoms with E-state index < -0.39 is 0 Å². The summed E-state index contributed by atoms with van der Waals surface area (Å²) in [6.07, 6.45) is 2.70. The molecule has 33 valence electrons. The van der Waals surface area contributed by atoms with Gasteiger partial charge in [0.15, 0.2) is 0 Å². The number of rotatable bonds is 0. The SMILES string of the molecule is [B]1CCCSS1. The molecule has 0 saturated carbocycles. The van der Waals surface area contributed by atoms with Crippen molar-refractivity contribution in [3.05, 3.63) is 0 Å². The quantitative estimate of drug-likeness (QED) is 0.350. The first-order valence-electron chi connectivity index (χ1n) is 2.10. The first kappa shape index (κ1) is 4.91. The topological polar surface area (TPSA) is 0 Å². The monoisotopic (exact) mass is 117 g/mol. The third-order valence-electron chi connectivity index (χ3n) is 0.686. The Hall–Kier alpha value is 0.765. The Morgan fingerprint density at radius 1 is 1.50 bits per heavy atom. The molecule has 1 saturated heterocycles. The molecule has 0 atom stereocenters. The molecule has 1 heterocycles. The van der Waals surface area contributed by atoms with Gasteiger partial charge in [0.1, 0.15) is 0 Å². The molecule has 0 bridgehead atoms. The van der Waals surface area contributed by atoms with E-state index in [-0.39, 0.29) is 0 Å². The zero-order valence-corrected chi connectivity index (χ0v) is 5.15. The second-order valence-corrected chi connectivity index (χ2v) is 3.68. The van der Waals surface area contributed by atoms with Gasteiger partial charge in [-0.1, -0.05) is 6.32 Å². The highest BCUT2D eigenvalue weighted by atomic mass is 33.1. The Bertz CT molecular complexity index is 24.3. The molecule has 0 aromatic rings. The van der Waals surface area contributed by atoms with Gasteiger partial charge < -0.3 is 0 Å². The highest BCUT2D eigenvalue weighted by Gasteiger charge is 1.98. The molecule has 1 radical (unpaired) electrons. The lowest BCUT2D eigenvalue weighted by molar-refractivity contribution is 1.10. The van der Waals surface area contributed by atoms with Crippen molar-refractivity contribution >= 4 is 28.0 Å². The molecule has 6 heavy (non-hydrogen) atoms. The van der Waals surface area contributed by atoms with E-state index in [1.807, 2.05) is 21.4 Å². The van der Waals surface area contributed by atoms with Crippen LogP contribution in [0.2, 0.25) is 6.32 Å². The minimum atomic E-state index is 1.32. The van der Waals surface area contributed by atoms with E-state index in [0.29, 0.717) is 0 Å². The summed E-state index contributed by atoms with van der Waals surface area (Å²) in [4.78, 5) is 0. The van der Waals surface area contributed by atoms with Crippen LogP contribution < -0.4 is 0 Å². The predicted molar refractivity (Wildman–Crippen MR) is 35.2 cm³/mol. The highest BCUT2D eigenvalue weighted by Crippen LogP contribution is 2.27. The maximum absolute atomic E-state index is 2.27. The van der Waals surface area contributed by atoms with Gasteiger partial charge in [-0.25, -0.2) is 0 Å². The van der Waals surface area contributed by atoms with Crippen LogP contribution in [0, 0.1) is 0 Å². The zero-order valence-electron chi connectivity index (χ0n) is 3.52. The standard InChI is InChI=1S/C3H6BS2/c1-2-4-6-5-3-1/h1-3H2. The molecule has 1 rings (SSSR count). The molecule has 0 aromatic carbocycles. The zero-order chi connectivity index (χ0) is 4.24. The van der Waals surface area contributed by atoms with Crippen LogP contribution in [-0.2, 0) is 0 Å². The van der Waals surface area contributed by atoms with E-state index in [1.165, 1.54) is 18.5 Å². The van der Waals surface area contributed by atoms with Gasteiger partial charge in [-0.05, 0) is 6.42 Å². The Balaban J connectivity index is 2.00. The Kier molecular flexibility index (Phi) is 2.34. The van der Waals surface area contributed by atoms with Gasteiger partial charge in [-0.3, -0.25) is 0 Å². The summed E-state index contributed by atoms with van der Waals surface area (Å²) in [6, 6.07) is 0. The molecular formula is C3H6BS2. The summed E-state index contributed by atoms with van der Waals surface area (Å²) in [5, 5.41) is 0. The van der Waals surface area contributed by atoms with E-state index in [4.69, 9.17) is 0 Å². The van der Waals surface area contributed by atoms with Gasteiger partial charge in [0.2, 0.25) is 6.56 Å². The number of hydrogen-bond acceptors (Lipinski definition) is 2. The largest absolute Gasteiger partial charge is 0.207 e. The predicted octanol–water partition coefficient (Wildman–Crippen LogP) is 1.81. The van der Waals surface area contributed by atoms with Crippen molar-refractivity contribution in [1.82, 2.24) is 0 Å². The Morgan fingerprint density at radius 3 is 2.67 bits per heavy atom. The molecule has 1 aliphatic rings. The average Bonchev–Trinajstić information content (AvgIpc) is 1.72. The lowest BCUT2D eigenvalue weighted by atomic mass is 10.0. The number of hydrogen-bond donors (Lipinski definition) is 0. The van der Waals surface area contributed by atoms with Crippen molar-refractivity contribution < 1.29 is 0 Å². The summed E-state index contributed by atoms with van der Waals surface area (Å²) in [5.41, 5.74) is 0. The maximum Gasteiger partial charge on any atom is 0.207 e. The first-order valence-corrected chi connectivity index (χ1v) is 4.48. The van der Waals surface area contributed by atoms with Crippen LogP contribution >= 0.6 is 21.4 Å². The third kappa shape index (κ3) is 1.48. The minimum absolute atomic E-state index is 1.32. The van der Waals surface area contributed by atoms with E-state index in [0.717, 1.165) is 0 Å². The van der Waals surface area contributed by atoms with E-state index >= 15 is 0 Å². The molecule has 0 aromatic heterocycles. The van der Waals surface area contributed by atoms with Gasteiger partial charge in [0.05, 0.1) is 0 Å². The minimum Gasteiger partial charge on any atom is -0.154 e. The molecule has 0 nitrogen and oxygen atoms in total. The van der Waals surface area contributed by atoms with Crippen molar-refractivity contribution in [3.63, 3.8) is 0 Å². The Morgan fingerprint density at radius 2 is 2.50 bits per heavy atom. The van der Waals surface area contributed by atoms with Crippen LogP contribution in [0.5, 0.6) is 0 Å². The lowest BCUT2D eigenvalue weighted by Gasteiger charge is -2.03. The summed E-state index contributed by atoms with van der Waals surface area (Å²) in [7, 11) is 3.84. The second-order valence-electron chi connectivity index (χ2n) is 1.23. The first-order chi connectivity index (χ1) is 3.00. The fraction of sp³-hybridized carbons (Fsp3) is 1.00. The maximum atomic E-state index is 2.27. The van der Waals surface area contributed by atoms with Gasteiger partial charge in [0, 0.05) is 5.75 Å². The fourth-order valence-corrected chi connectivity index (χ4v) is 2.33. The van der Waals surface area contributed by atoms with Gasteiger partial charge >= 0.3 is 0 Å². The molecule has 1 fully saturated rings. The molecule has 0 aliphatic carbocycles. The lowest BCUT2D eigenvalue weighted by Crippen LogP contribution is -1.89. The molecule has 3 heteroatoms. The molecule has 0 amide bonds. The molecule has 0 spiro atoms. The van der Waals surface area contributed by atoms with E-state index in [2.05, 4.69) is 6.56 Å². The van der Waals surface area contributed by atoms with Crippen LogP contribution in [0.4, 0.5) is 0 Å².